The summed E-state index contributed by atoms with van der Waals surface area (Å²) in [6.07, 6.45) is 3.22. The van der Waals surface area contributed by atoms with E-state index in [1.807, 2.05) is 24.3 Å². The standard InChI is InChI=1S/C15H11BrN4O2/c16-12-3-1-2-10(8-12)9-20-14(11-4-6-17-7-5-11)13(15(21)22)18-19-20/h1-8H,9H2,(H,21,22). The number of carboxylic acid groups (broad SMARTS) is 1. The average Bonchev–Trinajstić information content (AvgIpc) is 2.92. The maximum absolute atomic E-state index is 11.4. The number of hydrogen-bond donors (Lipinski definition) is 1. The van der Waals surface area contributed by atoms with E-state index in [2.05, 4.69) is 31.2 Å². The summed E-state index contributed by atoms with van der Waals surface area (Å²) in [4.78, 5) is 15.3. The number of halogens is 1. The Morgan fingerprint density at radius 2 is 2.00 bits per heavy atom. The Morgan fingerprint density at radius 3 is 2.68 bits per heavy atom. The second-order valence-corrected chi connectivity index (χ2v) is 5.53. The molecule has 1 N–H and O–H groups in total. The van der Waals surface area contributed by atoms with Crippen LogP contribution in [-0.2, 0) is 6.54 Å². The second-order valence-electron chi connectivity index (χ2n) is 4.62. The van der Waals surface area contributed by atoms with E-state index in [1.54, 1.807) is 29.2 Å². The van der Waals surface area contributed by atoms with Crippen LogP contribution in [0.5, 0.6) is 0 Å². The zero-order valence-corrected chi connectivity index (χ0v) is 12.9. The minimum atomic E-state index is -1.10. The summed E-state index contributed by atoms with van der Waals surface area (Å²) >= 11 is 3.42. The highest BCUT2D eigenvalue weighted by Gasteiger charge is 2.20. The van der Waals surface area contributed by atoms with Crippen molar-refractivity contribution in [3.63, 3.8) is 0 Å². The molecule has 0 aliphatic carbocycles. The van der Waals surface area contributed by atoms with Gasteiger partial charge in [0.25, 0.3) is 0 Å². The van der Waals surface area contributed by atoms with Crippen LogP contribution in [0, 0.1) is 0 Å². The number of nitrogens with zero attached hydrogens (tertiary/aromatic N) is 4. The summed E-state index contributed by atoms with van der Waals surface area (Å²) in [5.74, 6) is -1.10. The Labute approximate surface area is 134 Å². The first-order chi connectivity index (χ1) is 10.6. The number of aromatic nitrogens is 4. The lowest BCUT2D eigenvalue weighted by Crippen LogP contribution is -2.06. The minimum Gasteiger partial charge on any atom is -0.476 e. The van der Waals surface area contributed by atoms with Crippen LogP contribution in [0.25, 0.3) is 11.3 Å². The molecule has 2 heterocycles. The van der Waals surface area contributed by atoms with Crippen molar-refractivity contribution in [3.05, 3.63) is 64.5 Å². The van der Waals surface area contributed by atoms with Crippen LogP contribution in [0.15, 0.2) is 53.3 Å². The van der Waals surface area contributed by atoms with Crippen molar-refractivity contribution in [3.8, 4) is 11.3 Å². The number of carboxylic acids is 1. The zero-order valence-electron chi connectivity index (χ0n) is 11.3. The molecule has 0 fully saturated rings. The van der Waals surface area contributed by atoms with Gasteiger partial charge in [-0.2, -0.15) is 0 Å². The summed E-state index contributed by atoms with van der Waals surface area (Å²) in [6.45, 7) is 0.428. The molecule has 0 aliphatic rings. The molecule has 7 heteroatoms. The van der Waals surface area contributed by atoms with Gasteiger partial charge in [-0.25, -0.2) is 9.48 Å². The van der Waals surface area contributed by atoms with Crippen molar-refractivity contribution in [1.82, 2.24) is 20.0 Å². The molecule has 3 rings (SSSR count). The molecule has 0 atom stereocenters. The molecule has 2 aromatic heterocycles. The van der Waals surface area contributed by atoms with Gasteiger partial charge in [-0.3, -0.25) is 4.98 Å². The lowest BCUT2D eigenvalue weighted by atomic mass is 10.1. The fourth-order valence-electron chi connectivity index (χ4n) is 2.17. The van der Waals surface area contributed by atoms with Crippen molar-refractivity contribution in [2.75, 3.05) is 0 Å². The maximum Gasteiger partial charge on any atom is 0.358 e. The highest BCUT2D eigenvalue weighted by atomic mass is 79.9. The summed E-state index contributed by atoms with van der Waals surface area (Å²) in [5.41, 5.74) is 2.11. The number of benzene rings is 1. The first-order valence-corrected chi connectivity index (χ1v) is 7.26. The van der Waals surface area contributed by atoms with Crippen LogP contribution in [-0.4, -0.2) is 31.1 Å². The Kier molecular flexibility index (Phi) is 3.97. The molecular formula is C15H11BrN4O2. The molecule has 110 valence electrons. The van der Waals surface area contributed by atoms with Crippen LogP contribution >= 0.6 is 15.9 Å². The van der Waals surface area contributed by atoms with Gasteiger partial charge in [0.1, 0.15) is 5.69 Å². The molecule has 0 bridgehead atoms. The largest absolute Gasteiger partial charge is 0.476 e. The first-order valence-electron chi connectivity index (χ1n) is 6.47. The molecule has 6 nitrogen and oxygen atoms in total. The van der Waals surface area contributed by atoms with Crippen molar-refractivity contribution in [2.24, 2.45) is 0 Å². The SMILES string of the molecule is O=C(O)c1nnn(Cc2cccc(Br)c2)c1-c1ccncc1. The summed E-state index contributed by atoms with van der Waals surface area (Å²) in [6, 6.07) is 11.2. The Balaban J connectivity index is 2.07. The predicted octanol–water partition coefficient (Wildman–Crippen LogP) is 2.85. The van der Waals surface area contributed by atoms with Crippen LogP contribution in [0.1, 0.15) is 16.1 Å². The third-order valence-corrected chi connectivity index (χ3v) is 3.61. The summed E-state index contributed by atoms with van der Waals surface area (Å²) < 4.78 is 2.54. The van der Waals surface area contributed by atoms with Gasteiger partial charge in [-0.15, -0.1) is 5.10 Å². The monoisotopic (exact) mass is 358 g/mol. The second kappa shape index (κ2) is 6.07. The number of aromatic carboxylic acids is 1. The third kappa shape index (κ3) is 2.89. The Morgan fingerprint density at radius 1 is 1.23 bits per heavy atom. The molecule has 22 heavy (non-hydrogen) atoms. The van der Waals surface area contributed by atoms with E-state index in [-0.39, 0.29) is 5.69 Å². The average molecular weight is 359 g/mol. The molecule has 0 saturated heterocycles. The van der Waals surface area contributed by atoms with Gasteiger partial charge in [0.2, 0.25) is 0 Å². The van der Waals surface area contributed by atoms with Gasteiger partial charge in [0.05, 0.1) is 6.54 Å². The van der Waals surface area contributed by atoms with E-state index in [0.29, 0.717) is 17.8 Å². The van der Waals surface area contributed by atoms with Gasteiger partial charge < -0.3 is 5.11 Å². The van der Waals surface area contributed by atoms with Crippen LogP contribution < -0.4 is 0 Å². The molecule has 0 spiro atoms. The van der Waals surface area contributed by atoms with Gasteiger partial charge in [-0.05, 0) is 29.8 Å². The molecule has 0 amide bonds. The van der Waals surface area contributed by atoms with E-state index < -0.39 is 5.97 Å². The molecule has 0 saturated carbocycles. The Hall–Kier alpha value is -2.54. The van der Waals surface area contributed by atoms with Crippen LogP contribution in [0.3, 0.4) is 0 Å². The minimum absolute atomic E-state index is 0.0683. The number of rotatable bonds is 4. The van der Waals surface area contributed by atoms with E-state index in [0.717, 1.165) is 10.0 Å². The lowest BCUT2D eigenvalue weighted by Gasteiger charge is -2.07. The third-order valence-electron chi connectivity index (χ3n) is 3.11. The zero-order chi connectivity index (χ0) is 15.5. The van der Waals surface area contributed by atoms with E-state index in [4.69, 9.17) is 0 Å². The number of pyridine rings is 1. The molecule has 3 aromatic rings. The molecular weight excluding hydrogens is 348 g/mol. The normalized spacial score (nSPS) is 10.6. The molecule has 1 aromatic carbocycles. The van der Waals surface area contributed by atoms with Gasteiger partial charge in [0.15, 0.2) is 5.69 Å². The lowest BCUT2D eigenvalue weighted by molar-refractivity contribution is 0.0691. The highest BCUT2D eigenvalue weighted by molar-refractivity contribution is 9.10. The van der Waals surface area contributed by atoms with Crippen molar-refractivity contribution < 1.29 is 9.90 Å². The predicted molar refractivity (Wildman–Crippen MR) is 83.5 cm³/mol. The first kappa shape index (κ1) is 14.4. The van der Waals surface area contributed by atoms with Gasteiger partial charge in [-0.1, -0.05) is 33.3 Å². The smallest absolute Gasteiger partial charge is 0.358 e. The highest BCUT2D eigenvalue weighted by Crippen LogP contribution is 2.23. The fourth-order valence-corrected chi connectivity index (χ4v) is 2.62. The van der Waals surface area contributed by atoms with E-state index in [1.165, 1.54) is 0 Å². The van der Waals surface area contributed by atoms with E-state index >= 15 is 0 Å². The number of carbonyl (C=O) groups is 1. The maximum atomic E-state index is 11.4. The molecule has 0 radical (unpaired) electrons. The van der Waals surface area contributed by atoms with Crippen molar-refractivity contribution in [2.45, 2.75) is 6.54 Å². The van der Waals surface area contributed by atoms with Crippen molar-refractivity contribution in [1.29, 1.82) is 0 Å². The Bertz CT molecular complexity index is 817. The quantitative estimate of drug-likeness (QED) is 0.775. The van der Waals surface area contributed by atoms with Crippen molar-refractivity contribution >= 4 is 21.9 Å². The van der Waals surface area contributed by atoms with Crippen LogP contribution in [0.4, 0.5) is 0 Å². The van der Waals surface area contributed by atoms with Gasteiger partial charge >= 0.3 is 5.97 Å². The van der Waals surface area contributed by atoms with E-state index in [9.17, 15) is 9.90 Å². The summed E-state index contributed by atoms with van der Waals surface area (Å²) in [5, 5.41) is 17.1. The molecule has 0 aliphatic heterocycles. The summed E-state index contributed by atoms with van der Waals surface area (Å²) in [7, 11) is 0. The topological polar surface area (TPSA) is 80.9 Å². The fraction of sp³-hybridized carbons (Fsp3) is 0.0667. The van der Waals surface area contributed by atoms with Gasteiger partial charge in [0, 0.05) is 22.4 Å². The number of hydrogen-bond acceptors (Lipinski definition) is 4. The van der Waals surface area contributed by atoms with Crippen LogP contribution in [0.2, 0.25) is 0 Å². The molecule has 0 unspecified atom stereocenters.